The van der Waals surface area contributed by atoms with E-state index in [0.29, 0.717) is 5.52 Å². The first-order valence-electron chi connectivity index (χ1n) is 8.37. The van der Waals surface area contributed by atoms with E-state index in [1.807, 2.05) is 44.2 Å². The fourth-order valence-electron chi connectivity index (χ4n) is 2.87. The van der Waals surface area contributed by atoms with Gasteiger partial charge in [-0.25, -0.2) is 13.1 Å². The Labute approximate surface area is 149 Å². The number of nitrogens with one attached hydrogen (secondary N) is 1. The van der Waals surface area contributed by atoms with Gasteiger partial charge < -0.3 is 0 Å². The molecule has 0 spiro atoms. The van der Waals surface area contributed by atoms with E-state index in [-0.39, 0.29) is 10.9 Å². The maximum absolute atomic E-state index is 12.8. The van der Waals surface area contributed by atoms with Crippen LogP contribution in [0.4, 0.5) is 0 Å². The summed E-state index contributed by atoms with van der Waals surface area (Å²) in [5, 5.41) is 0.833. The highest BCUT2D eigenvalue weighted by atomic mass is 32.2. The van der Waals surface area contributed by atoms with Crippen molar-refractivity contribution in [1.29, 1.82) is 0 Å². The summed E-state index contributed by atoms with van der Waals surface area (Å²) in [6.07, 6.45) is 3.26. The van der Waals surface area contributed by atoms with E-state index in [1.54, 1.807) is 18.3 Å². The number of pyridine rings is 1. The van der Waals surface area contributed by atoms with E-state index in [0.717, 1.165) is 23.8 Å². The molecule has 0 saturated carbocycles. The lowest BCUT2D eigenvalue weighted by Gasteiger charge is -2.15. The van der Waals surface area contributed by atoms with Gasteiger partial charge in [-0.1, -0.05) is 42.5 Å². The molecule has 0 radical (unpaired) electrons. The van der Waals surface area contributed by atoms with Crippen molar-refractivity contribution < 1.29 is 8.42 Å². The number of benzene rings is 2. The van der Waals surface area contributed by atoms with Gasteiger partial charge >= 0.3 is 0 Å². The third-order valence-electron chi connectivity index (χ3n) is 4.17. The second-order valence-corrected chi connectivity index (χ2v) is 8.07. The highest BCUT2D eigenvalue weighted by molar-refractivity contribution is 7.89. The van der Waals surface area contributed by atoms with Crippen LogP contribution >= 0.6 is 0 Å². The van der Waals surface area contributed by atoms with Gasteiger partial charge in [0.15, 0.2) is 0 Å². The lowest BCUT2D eigenvalue weighted by molar-refractivity contribution is 0.547. The number of sulfonamides is 1. The average Bonchev–Trinajstić information content (AvgIpc) is 2.59. The fraction of sp³-hybridized carbons (Fsp3) is 0.250. The molecule has 1 aromatic heterocycles. The van der Waals surface area contributed by atoms with Crippen LogP contribution in [0, 0.1) is 6.92 Å². The maximum Gasteiger partial charge on any atom is 0.242 e. The molecule has 0 aliphatic carbocycles. The summed E-state index contributed by atoms with van der Waals surface area (Å²) < 4.78 is 28.4. The molecule has 1 atom stereocenters. The van der Waals surface area contributed by atoms with Gasteiger partial charge in [-0.2, -0.15) is 0 Å². The Hall–Kier alpha value is -2.24. The van der Waals surface area contributed by atoms with Crippen molar-refractivity contribution >= 4 is 20.9 Å². The van der Waals surface area contributed by atoms with Crippen LogP contribution in [0.3, 0.4) is 0 Å². The predicted octanol–water partition coefficient (Wildman–Crippen LogP) is 3.84. The SMILES string of the molecule is Cc1cnc2c(S(=O)(=O)NC(C)CCc3ccccc3)cccc2c1. The van der Waals surface area contributed by atoms with Crippen molar-refractivity contribution in [3.8, 4) is 0 Å². The standard InChI is InChI=1S/C20H22N2O2S/c1-15-13-18-9-6-10-19(20(18)21-14-15)25(23,24)22-16(2)11-12-17-7-4-3-5-8-17/h3-10,13-14,16,22H,11-12H2,1-2H3. The second kappa shape index (κ2) is 7.33. The molecule has 25 heavy (non-hydrogen) atoms. The number of aryl methyl sites for hydroxylation is 2. The Bertz CT molecular complexity index is 969. The smallest absolute Gasteiger partial charge is 0.242 e. The zero-order valence-electron chi connectivity index (χ0n) is 14.4. The van der Waals surface area contributed by atoms with Crippen molar-refractivity contribution in [2.24, 2.45) is 0 Å². The molecule has 0 fully saturated rings. The molecule has 1 heterocycles. The second-order valence-electron chi connectivity index (χ2n) is 6.39. The van der Waals surface area contributed by atoms with E-state index in [1.165, 1.54) is 5.56 Å². The molecule has 130 valence electrons. The zero-order valence-corrected chi connectivity index (χ0v) is 15.3. The molecule has 0 saturated heterocycles. The number of aromatic nitrogens is 1. The minimum Gasteiger partial charge on any atom is -0.255 e. The largest absolute Gasteiger partial charge is 0.255 e. The van der Waals surface area contributed by atoms with Gasteiger partial charge in [-0.3, -0.25) is 4.98 Å². The summed E-state index contributed by atoms with van der Waals surface area (Å²) in [6.45, 7) is 3.83. The molecule has 1 unspecified atom stereocenters. The highest BCUT2D eigenvalue weighted by Gasteiger charge is 2.20. The molecule has 5 heteroatoms. The lowest BCUT2D eigenvalue weighted by atomic mass is 10.1. The van der Waals surface area contributed by atoms with Crippen LogP contribution in [0.2, 0.25) is 0 Å². The van der Waals surface area contributed by atoms with Gasteiger partial charge in [0.05, 0.1) is 5.52 Å². The molecular weight excluding hydrogens is 332 g/mol. The summed E-state index contributed by atoms with van der Waals surface area (Å²) in [7, 11) is -3.62. The normalized spacial score (nSPS) is 13.0. The zero-order chi connectivity index (χ0) is 17.9. The summed E-state index contributed by atoms with van der Waals surface area (Å²) >= 11 is 0. The average molecular weight is 354 g/mol. The third-order valence-corrected chi connectivity index (χ3v) is 5.79. The Morgan fingerprint density at radius 1 is 1.08 bits per heavy atom. The van der Waals surface area contributed by atoms with Crippen molar-refractivity contribution in [3.05, 3.63) is 71.9 Å². The Morgan fingerprint density at radius 3 is 2.60 bits per heavy atom. The number of nitrogens with zero attached hydrogens (tertiary/aromatic N) is 1. The molecule has 0 bridgehead atoms. The minimum atomic E-state index is -3.62. The van der Waals surface area contributed by atoms with Gasteiger partial charge in [0.1, 0.15) is 4.90 Å². The summed E-state index contributed by atoms with van der Waals surface area (Å²) in [5.41, 5.74) is 2.72. The maximum atomic E-state index is 12.8. The van der Waals surface area contributed by atoms with E-state index in [2.05, 4.69) is 21.8 Å². The van der Waals surface area contributed by atoms with Crippen LogP contribution in [0.1, 0.15) is 24.5 Å². The molecule has 1 N–H and O–H groups in total. The first-order chi connectivity index (χ1) is 12.0. The molecular formula is C20H22N2O2S. The van der Waals surface area contributed by atoms with Gasteiger partial charge in [-0.05, 0) is 49.9 Å². The van der Waals surface area contributed by atoms with Crippen LogP contribution in [0.5, 0.6) is 0 Å². The minimum absolute atomic E-state index is 0.161. The van der Waals surface area contributed by atoms with E-state index < -0.39 is 10.0 Å². The van der Waals surface area contributed by atoms with Crippen LogP contribution in [0.15, 0.2) is 65.7 Å². The quantitative estimate of drug-likeness (QED) is 0.731. The van der Waals surface area contributed by atoms with Crippen molar-refractivity contribution in [2.75, 3.05) is 0 Å². The molecule has 0 aliphatic heterocycles. The molecule has 4 nitrogen and oxygen atoms in total. The van der Waals surface area contributed by atoms with Gasteiger partial charge in [0, 0.05) is 17.6 Å². The molecule has 0 aliphatic rings. The number of rotatable bonds is 6. The van der Waals surface area contributed by atoms with E-state index in [4.69, 9.17) is 0 Å². The van der Waals surface area contributed by atoms with Crippen LogP contribution in [0.25, 0.3) is 10.9 Å². The van der Waals surface area contributed by atoms with Crippen LogP contribution in [-0.4, -0.2) is 19.4 Å². The van der Waals surface area contributed by atoms with Crippen molar-refractivity contribution in [2.45, 2.75) is 37.6 Å². The number of fused-ring (bicyclic) bond motifs is 1. The number of para-hydroxylation sites is 1. The van der Waals surface area contributed by atoms with Crippen LogP contribution < -0.4 is 4.72 Å². The number of hydrogen-bond donors (Lipinski definition) is 1. The predicted molar refractivity (Wildman–Crippen MR) is 101 cm³/mol. The van der Waals surface area contributed by atoms with Crippen molar-refractivity contribution in [1.82, 2.24) is 9.71 Å². The Kier molecular flexibility index (Phi) is 5.16. The fourth-order valence-corrected chi connectivity index (χ4v) is 4.33. The summed E-state index contributed by atoms with van der Waals surface area (Å²) in [4.78, 5) is 4.56. The Morgan fingerprint density at radius 2 is 1.84 bits per heavy atom. The highest BCUT2D eigenvalue weighted by Crippen LogP contribution is 2.22. The molecule has 3 rings (SSSR count). The summed E-state index contributed by atoms with van der Waals surface area (Å²) in [6, 6.07) is 17.1. The van der Waals surface area contributed by atoms with E-state index >= 15 is 0 Å². The van der Waals surface area contributed by atoms with Gasteiger partial charge in [-0.15, -0.1) is 0 Å². The first kappa shape index (κ1) is 17.6. The number of hydrogen-bond acceptors (Lipinski definition) is 3. The van der Waals surface area contributed by atoms with Crippen LogP contribution in [-0.2, 0) is 16.4 Å². The van der Waals surface area contributed by atoms with Gasteiger partial charge in [0.2, 0.25) is 10.0 Å². The third kappa shape index (κ3) is 4.24. The topological polar surface area (TPSA) is 59.1 Å². The van der Waals surface area contributed by atoms with Crippen molar-refractivity contribution in [3.63, 3.8) is 0 Å². The lowest BCUT2D eigenvalue weighted by Crippen LogP contribution is -2.33. The molecule has 3 aromatic rings. The van der Waals surface area contributed by atoms with E-state index in [9.17, 15) is 8.42 Å². The summed E-state index contributed by atoms with van der Waals surface area (Å²) in [5.74, 6) is 0. The first-order valence-corrected chi connectivity index (χ1v) is 9.86. The Balaban J connectivity index is 1.77. The van der Waals surface area contributed by atoms with Gasteiger partial charge in [0.25, 0.3) is 0 Å². The monoisotopic (exact) mass is 354 g/mol. The molecule has 0 amide bonds. The molecule has 2 aromatic carbocycles.